The van der Waals surface area contributed by atoms with E-state index in [1.54, 1.807) is 20.8 Å². The molecule has 3 aliphatic carbocycles. The molecule has 4 rings (SSSR count). The predicted octanol–water partition coefficient (Wildman–Crippen LogP) is 8.46. The second kappa shape index (κ2) is 21.0. The van der Waals surface area contributed by atoms with Crippen molar-refractivity contribution in [1.82, 2.24) is 29.7 Å². The molecule has 3 aliphatic rings. The fourth-order valence-corrected chi connectivity index (χ4v) is 11.6. The van der Waals surface area contributed by atoms with Crippen LogP contribution < -0.4 is 33.0 Å². The van der Waals surface area contributed by atoms with Gasteiger partial charge in [0.2, 0.25) is 0 Å². The molecule has 0 radical (unpaired) electrons. The summed E-state index contributed by atoms with van der Waals surface area (Å²) in [5.41, 5.74) is -3.31. The lowest BCUT2D eigenvalue weighted by molar-refractivity contribution is 0.0312. The highest BCUT2D eigenvalue weighted by Crippen LogP contribution is 2.49. The molecule has 3 N–H and O–H groups in total. The van der Waals surface area contributed by atoms with Crippen LogP contribution in [0.15, 0.2) is 29.9 Å². The van der Waals surface area contributed by atoms with E-state index in [-0.39, 0.29) is 48.0 Å². The van der Waals surface area contributed by atoms with Crippen molar-refractivity contribution in [2.45, 2.75) is 219 Å². The van der Waals surface area contributed by atoms with Gasteiger partial charge in [-0.15, -0.1) is 0 Å². The largest absolute Gasteiger partial charge is 0.433 e. The van der Waals surface area contributed by atoms with Crippen molar-refractivity contribution in [1.29, 1.82) is 0 Å². The highest BCUT2D eigenvalue weighted by atomic mass is 16.7. The van der Waals surface area contributed by atoms with Gasteiger partial charge in [0, 0.05) is 43.2 Å². The number of amides is 3. The van der Waals surface area contributed by atoms with E-state index in [2.05, 4.69) is 73.0 Å². The minimum Gasteiger partial charge on any atom is -0.317 e. The van der Waals surface area contributed by atoms with Gasteiger partial charge in [-0.25, -0.2) is 42.5 Å². The quantitative estimate of drug-likeness (QED) is 0.0872. The van der Waals surface area contributed by atoms with Gasteiger partial charge >= 0.3 is 35.3 Å². The Morgan fingerprint density at radius 1 is 0.530 bits per heavy atom. The minimum absolute atomic E-state index is 0.0321. The number of rotatable bonds is 15. The Kier molecular flexibility index (Phi) is 17.2. The number of aromatic nitrogens is 3. The van der Waals surface area contributed by atoms with Gasteiger partial charge in [-0.1, -0.05) is 98.6 Å². The van der Waals surface area contributed by atoms with Crippen LogP contribution in [0.2, 0.25) is 0 Å². The van der Waals surface area contributed by atoms with Gasteiger partial charge in [-0.05, 0) is 125 Å². The summed E-state index contributed by atoms with van der Waals surface area (Å²) in [5.74, 6) is 0. The van der Waals surface area contributed by atoms with E-state index < -0.39 is 57.6 Å². The van der Waals surface area contributed by atoms with Crippen LogP contribution in [-0.2, 0) is 34.1 Å². The van der Waals surface area contributed by atoms with E-state index in [1.807, 2.05) is 41.5 Å². The number of hydrogen-bond acceptors (Lipinski definition) is 12. The lowest BCUT2D eigenvalue weighted by atomic mass is 9.61. The summed E-state index contributed by atoms with van der Waals surface area (Å²) in [4.78, 5) is 99.8. The van der Waals surface area contributed by atoms with Crippen molar-refractivity contribution in [3.05, 3.63) is 31.5 Å². The Hall–Kier alpha value is -4.77. The summed E-state index contributed by atoms with van der Waals surface area (Å²) >= 11 is 0. The summed E-state index contributed by atoms with van der Waals surface area (Å²) < 4.78 is 3.57. The van der Waals surface area contributed by atoms with Gasteiger partial charge < -0.3 is 16.0 Å². The number of nitrogens with zero attached hydrogens (tertiary/aromatic N) is 6. The maximum Gasteiger partial charge on any atom is 0.433 e. The number of hydrogen-bond donors (Lipinski definition) is 3. The average Bonchev–Trinajstić information content (AvgIpc) is 3.19. The Morgan fingerprint density at radius 2 is 0.879 bits per heavy atom. The molecule has 18 nitrogen and oxygen atoms in total. The lowest BCUT2D eigenvalue weighted by Gasteiger charge is -2.48. The van der Waals surface area contributed by atoms with Crippen LogP contribution in [0.1, 0.15) is 181 Å². The first-order valence-corrected chi connectivity index (χ1v) is 23.9. The lowest BCUT2D eigenvalue weighted by Crippen LogP contribution is -2.61. The molecule has 3 amide bonds. The topological polar surface area (TPSA) is 218 Å². The monoisotopic (exact) mass is 928 g/mol. The molecule has 0 bridgehead atoms. The highest BCUT2D eigenvalue weighted by molar-refractivity contribution is 5.83. The van der Waals surface area contributed by atoms with Gasteiger partial charge in [0.05, 0.1) is 17.1 Å². The molecular weight excluding hydrogens is 847 g/mol. The number of carbonyl (C=O) groups is 3. The van der Waals surface area contributed by atoms with Crippen molar-refractivity contribution in [3.63, 3.8) is 0 Å². The molecule has 1 aromatic rings. The summed E-state index contributed by atoms with van der Waals surface area (Å²) in [6.45, 7) is 29.5. The van der Waals surface area contributed by atoms with E-state index >= 15 is 14.4 Å². The molecule has 0 aromatic carbocycles. The molecule has 18 heteroatoms. The molecule has 6 atom stereocenters. The van der Waals surface area contributed by atoms with Crippen LogP contribution in [0, 0.1) is 32.5 Å². The van der Waals surface area contributed by atoms with E-state index in [0.29, 0.717) is 87.8 Å². The van der Waals surface area contributed by atoms with Gasteiger partial charge in [-0.3, -0.25) is 14.5 Å². The zero-order valence-electron chi connectivity index (χ0n) is 42.7. The summed E-state index contributed by atoms with van der Waals surface area (Å²) in [7, 11) is 0. The standard InChI is InChI=1S/C48H81N9O9/c1-16-31(4)52-64-37(58)49-34-21-44(9,10)25-46(13,23-34)28-55-40(61)56(29-47(14)24-35(22-45(11,12)26-47)50-38(59)65-53-32(5)17-2)42(63)57(41(55)62)30-48(15)27-43(7,8)20-19-36(48)51-39(60)66-54-33(6)18-3/h34-36H,16-30H2,1-15H3,(H,49,58)(H,50,59)(H,51,60)/b52-31+,53-32+,54-33+. The third kappa shape index (κ3) is 14.6. The van der Waals surface area contributed by atoms with Crippen LogP contribution in [0.25, 0.3) is 0 Å². The highest BCUT2D eigenvalue weighted by Gasteiger charge is 2.48. The Bertz CT molecular complexity index is 2110. The maximum atomic E-state index is 15.1. The third-order valence-corrected chi connectivity index (χ3v) is 14.0. The van der Waals surface area contributed by atoms with Crippen molar-refractivity contribution in [2.24, 2.45) is 48.0 Å². The molecule has 0 spiro atoms. The first kappa shape index (κ1) is 53.8. The first-order chi connectivity index (χ1) is 30.4. The van der Waals surface area contributed by atoms with Gasteiger partial charge in [0.1, 0.15) is 0 Å². The van der Waals surface area contributed by atoms with E-state index in [9.17, 15) is 14.4 Å². The molecular formula is C48H81N9O9. The SMILES string of the molecule is CC/C(C)=N/OC(=O)NC1CC(C)(C)CC(C)(Cn2c(=O)n(CC3(C)CC(NC(=O)O/N=C(\C)CC)CC(C)(C)C3)c(=O)n(CC3(C)CC(C)(C)CCC3NC(=O)O/N=C(\C)CC)c2=O)C1. The van der Waals surface area contributed by atoms with Gasteiger partial charge in [-0.2, -0.15) is 0 Å². The summed E-state index contributed by atoms with van der Waals surface area (Å²) in [6.07, 6.45) is 4.96. The summed E-state index contributed by atoms with van der Waals surface area (Å²) in [5, 5.41) is 20.7. The number of nitrogens with one attached hydrogen (secondary N) is 3. The molecule has 6 unspecified atom stereocenters. The second-order valence-corrected chi connectivity index (χ2v) is 23.3. The van der Waals surface area contributed by atoms with E-state index in [4.69, 9.17) is 14.5 Å². The zero-order valence-corrected chi connectivity index (χ0v) is 42.7. The normalized spacial score (nSPS) is 28.8. The molecule has 1 heterocycles. The average molecular weight is 928 g/mol. The Morgan fingerprint density at radius 3 is 1.24 bits per heavy atom. The van der Waals surface area contributed by atoms with E-state index in [0.717, 1.165) is 6.42 Å². The number of carbonyl (C=O) groups excluding carboxylic acids is 3. The van der Waals surface area contributed by atoms with Gasteiger partial charge in [0.25, 0.3) is 0 Å². The molecule has 3 fully saturated rings. The fraction of sp³-hybridized carbons (Fsp3) is 0.812. The second-order valence-electron chi connectivity index (χ2n) is 23.3. The van der Waals surface area contributed by atoms with Crippen molar-refractivity contribution >= 4 is 35.4 Å². The van der Waals surface area contributed by atoms with Crippen LogP contribution in [-0.4, -0.2) is 67.2 Å². The first-order valence-electron chi connectivity index (χ1n) is 23.9. The molecule has 3 saturated carbocycles. The minimum atomic E-state index is -0.844. The predicted molar refractivity (Wildman–Crippen MR) is 257 cm³/mol. The maximum absolute atomic E-state index is 15.1. The van der Waals surface area contributed by atoms with Crippen molar-refractivity contribution < 1.29 is 28.9 Å². The van der Waals surface area contributed by atoms with Crippen molar-refractivity contribution in [2.75, 3.05) is 0 Å². The van der Waals surface area contributed by atoms with Crippen molar-refractivity contribution in [3.8, 4) is 0 Å². The fourth-order valence-electron chi connectivity index (χ4n) is 11.6. The zero-order chi connectivity index (χ0) is 49.6. The smallest absolute Gasteiger partial charge is 0.317 e. The molecule has 0 saturated heterocycles. The third-order valence-electron chi connectivity index (χ3n) is 14.0. The van der Waals surface area contributed by atoms with Crippen LogP contribution in [0.3, 0.4) is 0 Å². The Balaban J connectivity index is 1.84. The Labute approximate surface area is 391 Å². The van der Waals surface area contributed by atoms with Crippen LogP contribution >= 0.6 is 0 Å². The summed E-state index contributed by atoms with van der Waals surface area (Å²) in [6, 6.07) is -1.22. The van der Waals surface area contributed by atoms with Crippen LogP contribution in [0.4, 0.5) is 14.4 Å². The number of oxime groups is 3. The molecule has 1 aromatic heterocycles. The van der Waals surface area contributed by atoms with Gasteiger partial charge in [0.15, 0.2) is 0 Å². The molecule has 66 heavy (non-hydrogen) atoms. The van der Waals surface area contributed by atoms with Crippen LogP contribution in [0.5, 0.6) is 0 Å². The molecule has 0 aliphatic heterocycles. The van der Waals surface area contributed by atoms with E-state index in [1.165, 1.54) is 13.7 Å². The molecule has 372 valence electrons.